The molecule has 1 atom stereocenters. The van der Waals surface area contributed by atoms with Crippen LogP contribution in [-0.4, -0.2) is 55.6 Å². The second-order valence-electron chi connectivity index (χ2n) is 4.48. The van der Waals surface area contributed by atoms with Gasteiger partial charge in [0.15, 0.2) is 0 Å². The molecular weight excluding hydrogens is 262 g/mol. The highest BCUT2D eigenvalue weighted by molar-refractivity contribution is 5.99. The molecule has 0 aromatic carbocycles. The fourth-order valence-corrected chi connectivity index (χ4v) is 2.06. The fourth-order valence-electron chi connectivity index (χ4n) is 2.06. The van der Waals surface area contributed by atoms with Gasteiger partial charge in [0.1, 0.15) is 11.6 Å². The number of nitrogens with one attached hydrogen (secondary N) is 1. The summed E-state index contributed by atoms with van der Waals surface area (Å²) >= 11 is 0. The second kappa shape index (κ2) is 5.77. The molecule has 0 aliphatic carbocycles. The van der Waals surface area contributed by atoms with Crippen molar-refractivity contribution in [2.24, 2.45) is 0 Å². The summed E-state index contributed by atoms with van der Waals surface area (Å²) in [4.78, 5) is 29.6. The first kappa shape index (κ1) is 14.1. The van der Waals surface area contributed by atoms with Gasteiger partial charge in [0.05, 0.1) is 14.2 Å². The summed E-state index contributed by atoms with van der Waals surface area (Å²) in [6.45, 7) is 0.641. The van der Waals surface area contributed by atoms with Gasteiger partial charge in [0.25, 0.3) is 5.91 Å². The summed E-state index contributed by atoms with van der Waals surface area (Å²) in [7, 11) is 4.62. The molecule has 1 saturated heterocycles. The van der Waals surface area contributed by atoms with Crippen LogP contribution in [0.2, 0.25) is 0 Å². The molecule has 108 valence electrons. The maximum absolute atomic E-state index is 12.2. The Morgan fingerprint density at radius 3 is 2.70 bits per heavy atom. The molecule has 2 heterocycles. The Hall–Kier alpha value is -2.31. The first-order chi connectivity index (χ1) is 9.56. The maximum Gasteiger partial charge on any atom is 0.257 e. The zero-order chi connectivity index (χ0) is 14.7. The van der Waals surface area contributed by atoms with Gasteiger partial charge < -0.3 is 19.7 Å². The van der Waals surface area contributed by atoms with E-state index in [0.717, 1.165) is 0 Å². The van der Waals surface area contributed by atoms with E-state index in [1.807, 2.05) is 0 Å². The van der Waals surface area contributed by atoms with Crippen molar-refractivity contribution in [3.63, 3.8) is 0 Å². The summed E-state index contributed by atoms with van der Waals surface area (Å²) < 4.78 is 10.0. The number of carbonyl (C=O) groups is 2. The molecule has 1 aromatic rings. The molecule has 0 unspecified atom stereocenters. The Balaban J connectivity index is 2.15. The maximum atomic E-state index is 12.2. The van der Waals surface area contributed by atoms with Crippen molar-refractivity contribution in [2.45, 2.75) is 12.5 Å². The van der Waals surface area contributed by atoms with E-state index >= 15 is 0 Å². The first-order valence-corrected chi connectivity index (χ1v) is 6.21. The summed E-state index contributed by atoms with van der Waals surface area (Å²) in [5.74, 6) is 0.0557. The lowest BCUT2D eigenvalue weighted by Gasteiger charge is -2.13. The number of carbonyl (C=O) groups excluding carboxylic acids is 2. The molecule has 2 amide bonds. The van der Waals surface area contributed by atoms with Crippen molar-refractivity contribution < 1.29 is 19.1 Å². The summed E-state index contributed by atoms with van der Waals surface area (Å²) in [6, 6.07) is 2.64. The molecule has 1 aliphatic rings. The Kier molecular flexibility index (Phi) is 4.07. The van der Waals surface area contributed by atoms with Crippen molar-refractivity contribution in [2.75, 3.05) is 27.8 Å². The molecule has 1 N–H and O–H groups in total. The minimum absolute atomic E-state index is 0.0845. The highest BCUT2D eigenvalue weighted by Crippen LogP contribution is 2.20. The van der Waals surface area contributed by atoms with Gasteiger partial charge in [-0.1, -0.05) is 0 Å². The fraction of sp³-hybridized carbons (Fsp3) is 0.462. The van der Waals surface area contributed by atoms with Crippen LogP contribution in [-0.2, 0) is 4.79 Å². The number of methoxy groups -OCH3 is 2. The SMILES string of the molecule is COc1ccc(C(=O)N[C@@H]2CCN(C)C2=O)c(OC)n1. The molecule has 7 nitrogen and oxygen atoms in total. The van der Waals surface area contributed by atoms with Crippen LogP contribution >= 0.6 is 0 Å². The van der Waals surface area contributed by atoms with Crippen molar-refractivity contribution in [3.8, 4) is 11.8 Å². The van der Waals surface area contributed by atoms with Gasteiger partial charge in [-0.15, -0.1) is 0 Å². The minimum atomic E-state index is -0.487. The number of hydrogen-bond acceptors (Lipinski definition) is 5. The molecule has 0 saturated carbocycles. The van der Waals surface area contributed by atoms with Crippen molar-refractivity contribution in [1.29, 1.82) is 0 Å². The standard InChI is InChI=1S/C13H17N3O4/c1-16-7-6-9(13(16)18)14-11(17)8-4-5-10(19-2)15-12(8)20-3/h4-5,9H,6-7H2,1-3H3,(H,14,17)/t9-/m1/s1. The highest BCUT2D eigenvalue weighted by Gasteiger charge is 2.31. The quantitative estimate of drug-likeness (QED) is 0.843. The van der Waals surface area contributed by atoms with E-state index in [-0.39, 0.29) is 23.3 Å². The van der Waals surface area contributed by atoms with E-state index < -0.39 is 6.04 Å². The van der Waals surface area contributed by atoms with Crippen LogP contribution in [0.15, 0.2) is 12.1 Å². The van der Waals surface area contributed by atoms with E-state index in [1.54, 1.807) is 24.1 Å². The summed E-state index contributed by atoms with van der Waals surface area (Å²) in [5, 5.41) is 2.70. The zero-order valence-corrected chi connectivity index (χ0v) is 11.7. The summed E-state index contributed by atoms with van der Waals surface area (Å²) in [5.41, 5.74) is 0.274. The van der Waals surface area contributed by atoms with Gasteiger partial charge in [-0.05, 0) is 12.5 Å². The number of hydrogen-bond donors (Lipinski definition) is 1. The predicted molar refractivity (Wildman–Crippen MR) is 70.8 cm³/mol. The third-order valence-corrected chi connectivity index (χ3v) is 3.21. The van der Waals surface area contributed by atoms with Gasteiger partial charge >= 0.3 is 0 Å². The topological polar surface area (TPSA) is 80.8 Å². The number of ether oxygens (including phenoxy) is 2. The van der Waals surface area contributed by atoms with Crippen molar-refractivity contribution in [1.82, 2.24) is 15.2 Å². The monoisotopic (exact) mass is 279 g/mol. The van der Waals surface area contributed by atoms with Crippen LogP contribution in [0.25, 0.3) is 0 Å². The number of likely N-dealkylation sites (N-methyl/N-ethyl adjacent to an activating group) is 1. The molecule has 0 bridgehead atoms. The summed E-state index contributed by atoms with van der Waals surface area (Å²) in [6.07, 6.45) is 0.604. The lowest BCUT2D eigenvalue weighted by molar-refractivity contribution is -0.128. The molecule has 1 aromatic heterocycles. The Morgan fingerprint density at radius 1 is 1.40 bits per heavy atom. The van der Waals surface area contributed by atoms with E-state index in [4.69, 9.17) is 9.47 Å². The Labute approximate surface area is 116 Å². The second-order valence-corrected chi connectivity index (χ2v) is 4.48. The Morgan fingerprint density at radius 2 is 2.15 bits per heavy atom. The van der Waals surface area contributed by atoms with Crippen LogP contribution in [0.1, 0.15) is 16.8 Å². The molecule has 1 fully saturated rings. The van der Waals surface area contributed by atoms with Crippen LogP contribution in [0.5, 0.6) is 11.8 Å². The van der Waals surface area contributed by atoms with Crippen molar-refractivity contribution in [3.05, 3.63) is 17.7 Å². The molecule has 7 heteroatoms. The largest absolute Gasteiger partial charge is 0.481 e. The molecule has 1 aliphatic heterocycles. The molecule has 2 rings (SSSR count). The van der Waals surface area contributed by atoms with Gasteiger partial charge in [-0.3, -0.25) is 9.59 Å². The zero-order valence-electron chi connectivity index (χ0n) is 11.7. The average molecular weight is 279 g/mol. The van der Waals surface area contributed by atoms with Gasteiger partial charge in [-0.25, -0.2) is 0 Å². The number of rotatable bonds is 4. The number of pyridine rings is 1. The third-order valence-electron chi connectivity index (χ3n) is 3.21. The molecule has 0 spiro atoms. The Bertz CT molecular complexity index is 532. The van der Waals surface area contributed by atoms with Crippen molar-refractivity contribution >= 4 is 11.8 Å². The van der Waals surface area contributed by atoms with Crippen LogP contribution in [0.3, 0.4) is 0 Å². The van der Waals surface area contributed by atoms with E-state index in [1.165, 1.54) is 14.2 Å². The van der Waals surface area contributed by atoms with Gasteiger partial charge in [0, 0.05) is 19.7 Å². The molecule has 0 radical (unpaired) electrons. The van der Waals surface area contributed by atoms with E-state index in [2.05, 4.69) is 10.3 Å². The van der Waals surface area contributed by atoms with Gasteiger partial charge in [-0.2, -0.15) is 4.98 Å². The number of amides is 2. The van der Waals surface area contributed by atoms with Gasteiger partial charge in [0.2, 0.25) is 17.7 Å². The molecule has 20 heavy (non-hydrogen) atoms. The average Bonchev–Trinajstić information content (AvgIpc) is 2.78. The predicted octanol–water partition coefficient (Wildman–Crippen LogP) is 0.0593. The number of aromatic nitrogens is 1. The number of nitrogens with zero attached hydrogens (tertiary/aromatic N) is 2. The lowest BCUT2D eigenvalue weighted by Crippen LogP contribution is -2.40. The van der Waals surface area contributed by atoms with Crippen LogP contribution in [0, 0.1) is 0 Å². The van der Waals surface area contributed by atoms with Crippen LogP contribution < -0.4 is 14.8 Å². The first-order valence-electron chi connectivity index (χ1n) is 6.21. The highest BCUT2D eigenvalue weighted by atomic mass is 16.5. The number of likely N-dealkylation sites (tertiary alicyclic amines) is 1. The third kappa shape index (κ3) is 2.66. The lowest BCUT2D eigenvalue weighted by atomic mass is 10.2. The van der Waals surface area contributed by atoms with E-state index in [9.17, 15) is 9.59 Å². The normalized spacial score (nSPS) is 18.1. The van der Waals surface area contributed by atoms with E-state index in [0.29, 0.717) is 18.8 Å². The smallest absolute Gasteiger partial charge is 0.257 e. The minimum Gasteiger partial charge on any atom is -0.481 e. The molecular formula is C13H17N3O4. The van der Waals surface area contributed by atoms with Crippen LogP contribution in [0.4, 0.5) is 0 Å².